The van der Waals surface area contributed by atoms with Gasteiger partial charge in [0.15, 0.2) is 0 Å². The van der Waals surface area contributed by atoms with Crippen LogP contribution in [0.25, 0.3) is 0 Å². The van der Waals surface area contributed by atoms with Gasteiger partial charge in [-0.2, -0.15) is 0 Å². The summed E-state index contributed by atoms with van der Waals surface area (Å²) in [5.41, 5.74) is -0.185. The van der Waals surface area contributed by atoms with Gasteiger partial charge < -0.3 is 15.2 Å². The third-order valence-electron chi connectivity index (χ3n) is 2.33. The predicted octanol–water partition coefficient (Wildman–Crippen LogP) is 2.15. The summed E-state index contributed by atoms with van der Waals surface area (Å²) in [5.74, 6) is 0. The summed E-state index contributed by atoms with van der Waals surface area (Å²) in [5, 5.41) is 22.8. The molecule has 2 N–H and O–H groups in total. The van der Waals surface area contributed by atoms with E-state index in [1.165, 1.54) is 24.3 Å². The van der Waals surface area contributed by atoms with Crippen LogP contribution in [0.3, 0.4) is 0 Å². The number of benzene rings is 1. The zero-order valence-electron chi connectivity index (χ0n) is 11.6. The van der Waals surface area contributed by atoms with Crippen molar-refractivity contribution in [3.63, 3.8) is 0 Å². The first-order chi connectivity index (χ1) is 9.19. The molecular weight excluding hydrogens is 264 g/mol. The Morgan fingerprint density at radius 1 is 1.40 bits per heavy atom. The molecule has 0 bridgehead atoms. The number of carbonyl (C=O) groups excluding carboxylic acids is 1. The minimum Gasteiger partial charge on any atom is -0.444 e. The molecule has 0 aliphatic heterocycles. The number of non-ortho nitro benzene ring substituents is 1. The highest BCUT2D eigenvalue weighted by Crippen LogP contribution is 2.17. The monoisotopic (exact) mass is 282 g/mol. The van der Waals surface area contributed by atoms with Crippen LogP contribution in [0.15, 0.2) is 24.3 Å². The first-order valence-electron chi connectivity index (χ1n) is 6.08. The van der Waals surface area contributed by atoms with Crippen molar-refractivity contribution >= 4 is 11.8 Å². The maximum Gasteiger partial charge on any atom is 0.407 e. The molecule has 1 atom stereocenters. The molecule has 0 radical (unpaired) electrons. The highest BCUT2D eigenvalue weighted by Gasteiger charge is 2.17. The van der Waals surface area contributed by atoms with Gasteiger partial charge in [0.05, 0.1) is 17.6 Å². The number of carbonyl (C=O) groups is 1. The van der Waals surface area contributed by atoms with E-state index >= 15 is 0 Å². The van der Waals surface area contributed by atoms with E-state index in [2.05, 4.69) is 5.32 Å². The van der Waals surface area contributed by atoms with Crippen molar-refractivity contribution in [2.75, 3.05) is 6.54 Å². The van der Waals surface area contributed by atoms with Crippen LogP contribution >= 0.6 is 0 Å². The van der Waals surface area contributed by atoms with Crippen LogP contribution in [-0.4, -0.2) is 28.3 Å². The molecule has 0 aliphatic rings. The molecule has 0 aromatic heterocycles. The number of amides is 1. The molecule has 0 heterocycles. The van der Waals surface area contributed by atoms with Crippen molar-refractivity contribution in [1.29, 1.82) is 0 Å². The van der Waals surface area contributed by atoms with Gasteiger partial charge in [-0.15, -0.1) is 0 Å². The fourth-order valence-electron chi connectivity index (χ4n) is 1.43. The number of hydrogen-bond acceptors (Lipinski definition) is 5. The fraction of sp³-hybridized carbons (Fsp3) is 0.462. The molecule has 20 heavy (non-hydrogen) atoms. The van der Waals surface area contributed by atoms with Gasteiger partial charge in [-0.3, -0.25) is 10.1 Å². The number of alkyl carbamates (subject to hydrolysis) is 1. The summed E-state index contributed by atoms with van der Waals surface area (Å²) in [6.45, 7) is 5.17. The summed E-state index contributed by atoms with van der Waals surface area (Å²) in [6, 6.07) is 5.48. The van der Waals surface area contributed by atoms with E-state index in [1.807, 2.05) is 0 Å². The number of rotatable bonds is 4. The SMILES string of the molecule is CC(C)(C)OC(=O)NCC(O)c1ccc([N+](=O)[O-])cc1. The lowest BCUT2D eigenvalue weighted by atomic mass is 10.1. The molecule has 7 heteroatoms. The summed E-state index contributed by atoms with van der Waals surface area (Å²) >= 11 is 0. The average molecular weight is 282 g/mol. The van der Waals surface area contributed by atoms with Crippen LogP contribution in [-0.2, 0) is 4.74 Å². The summed E-state index contributed by atoms with van der Waals surface area (Å²) in [4.78, 5) is 21.4. The molecule has 0 saturated heterocycles. The predicted molar refractivity (Wildman–Crippen MR) is 72.3 cm³/mol. The number of nitrogens with zero attached hydrogens (tertiary/aromatic N) is 1. The minimum absolute atomic E-state index is 0.0350. The standard InChI is InChI=1S/C13H18N2O5/c1-13(2,3)20-12(17)14-8-11(16)9-4-6-10(7-5-9)15(18)19/h4-7,11,16H,8H2,1-3H3,(H,14,17). The van der Waals surface area contributed by atoms with Gasteiger partial charge in [-0.1, -0.05) is 0 Å². The van der Waals surface area contributed by atoms with Gasteiger partial charge in [0.2, 0.25) is 0 Å². The van der Waals surface area contributed by atoms with E-state index in [9.17, 15) is 20.0 Å². The number of nitro groups is 1. The highest BCUT2D eigenvalue weighted by atomic mass is 16.6. The number of nitrogens with one attached hydrogen (secondary N) is 1. The van der Waals surface area contributed by atoms with Crippen LogP contribution in [0.5, 0.6) is 0 Å². The molecule has 0 spiro atoms. The van der Waals surface area contributed by atoms with Crippen molar-refractivity contribution in [3.8, 4) is 0 Å². The lowest BCUT2D eigenvalue weighted by molar-refractivity contribution is -0.384. The van der Waals surface area contributed by atoms with Crippen LogP contribution in [0.2, 0.25) is 0 Å². The Morgan fingerprint density at radius 2 is 1.95 bits per heavy atom. The van der Waals surface area contributed by atoms with Crippen molar-refractivity contribution in [2.45, 2.75) is 32.5 Å². The van der Waals surface area contributed by atoms with E-state index in [4.69, 9.17) is 4.74 Å². The fourth-order valence-corrected chi connectivity index (χ4v) is 1.43. The second kappa shape index (κ2) is 6.33. The largest absolute Gasteiger partial charge is 0.444 e. The lowest BCUT2D eigenvalue weighted by Crippen LogP contribution is -2.34. The van der Waals surface area contributed by atoms with Crippen molar-refractivity contribution < 1.29 is 19.6 Å². The molecule has 1 amide bonds. The summed E-state index contributed by atoms with van der Waals surface area (Å²) < 4.78 is 5.02. The molecule has 0 fully saturated rings. The topological polar surface area (TPSA) is 102 Å². The van der Waals surface area contributed by atoms with Crippen molar-refractivity contribution in [3.05, 3.63) is 39.9 Å². The number of aliphatic hydroxyl groups excluding tert-OH is 1. The van der Waals surface area contributed by atoms with E-state index in [0.29, 0.717) is 5.56 Å². The van der Waals surface area contributed by atoms with Gasteiger partial charge in [-0.05, 0) is 38.5 Å². The molecular formula is C13H18N2O5. The summed E-state index contributed by atoms with van der Waals surface area (Å²) in [7, 11) is 0. The van der Waals surface area contributed by atoms with Crippen molar-refractivity contribution in [1.82, 2.24) is 5.32 Å². The van der Waals surface area contributed by atoms with Gasteiger partial charge >= 0.3 is 6.09 Å². The second-order valence-electron chi connectivity index (χ2n) is 5.25. The zero-order valence-corrected chi connectivity index (χ0v) is 11.6. The lowest BCUT2D eigenvalue weighted by Gasteiger charge is -2.20. The van der Waals surface area contributed by atoms with Crippen LogP contribution in [0.4, 0.5) is 10.5 Å². The smallest absolute Gasteiger partial charge is 0.407 e. The first kappa shape index (κ1) is 15.9. The Balaban J connectivity index is 2.52. The minimum atomic E-state index is -0.955. The van der Waals surface area contributed by atoms with Crippen LogP contribution < -0.4 is 5.32 Å². The maximum absolute atomic E-state index is 11.4. The van der Waals surface area contributed by atoms with E-state index < -0.39 is 22.7 Å². The Bertz CT molecular complexity index is 479. The van der Waals surface area contributed by atoms with Gasteiger partial charge in [0.25, 0.3) is 5.69 Å². The number of aliphatic hydroxyl groups is 1. The molecule has 1 aromatic rings. The van der Waals surface area contributed by atoms with Gasteiger partial charge in [-0.25, -0.2) is 4.79 Å². The Kier molecular flexibility index (Phi) is 5.04. The molecule has 110 valence electrons. The maximum atomic E-state index is 11.4. The zero-order chi connectivity index (χ0) is 15.3. The second-order valence-corrected chi connectivity index (χ2v) is 5.25. The third-order valence-corrected chi connectivity index (χ3v) is 2.33. The molecule has 1 unspecified atom stereocenters. The molecule has 7 nitrogen and oxygen atoms in total. The van der Waals surface area contributed by atoms with E-state index in [1.54, 1.807) is 20.8 Å². The van der Waals surface area contributed by atoms with E-state index in [-0.39, 0.29) is 12.2 Å². The normalized spacial score (nSPS) is 12.6. The Hall–Kier alpha value is -2.15. The first-order valence-corrected chi connectivity index (χ1v) is 6.08. The quantitative estimate of drug-likeness (QED) is 0.650. The average Bonchev–Trinajstić information content (AvgIpc) is 2.34. The Morgan fingerprint density at radius 3 is 2.40 bits per heavy atom. The highest BCUT2D eigenvalue weighted by molar-refractivity contribution is 5.67. The Labute approximate surface area is 116 Å². The van der Waals surface area contributed by atoms with Gasteiger partial charge in [0, 0.05) is 12.1 Å². The number of ether oxygens (including phenoxy) is 1. The molecule has 0 aliphatic carbocycles. The third kappa shape index (κ3) is 5.23. The van der Waals surface area contributed by atoms with Gasteiger partial charge in [0.1, 0.15) is 5.60 Å². The molecule has 1 rings (SSSR count). The molecule has 0 saturated carbocycles. The molecule has 1 aromatic carbocycles. The van der Waals surface area contributed by atoms with Crippen molar-refractivity contribution in [2.24, 2.45) is 0 Å². The number of hydrogen-bond donors (Lipinski definition) is 2. The summed E-state index contributed by atoms with van der Waals surface area (Å²) in [6.07, 6.45) is -1.58. The van der Waals surface area contributed by atoms with E-state index in [0.717, 1.165) is 0 Å². The van der Waals surface area contributed by atoms with Crippen LogP contribution in [0, 0.1) is 10.1 Å². The van der Waals surface area contributed by atoms with Crippen LogP contribution in [0.1, 0.15) is 32.4 Å². The number of nitro benzene ring substituents is 1.